The average molecular weight is 293 g/mol. The zero-order valence-corrected chi connectivity index (χ0v) is 11.7. The molecule has 104 valence electrons. The summed E-state index contributed by atoms with van der Waals surface area (Å²) < 4.78 is 5.14. The van der Waals surface area contributed by atoms with Crippen molar-refractivity contribution < 1.29 is 14.3 Å². The van der Waals surface area contributed by atoms with Crippen molar-refractivity contribution in [2.24, 2.45) is 0 Å². The summed E-state index contributed by atoms with van der Waals surface area (Å²) in [6, 6.07) is 8.02. The van der Waals surface area contributed by atoms with Gasteiger partial charge in [-0.05, 0) is 30.3 Å². The summed E-state index contributed by atoms with van der Waals surface area (Å²) >= 11 is 5.89. The monoisotopic (exact) mass is 292 g/mol. The van der Waals surface area contributed by atoms with Crippen molar-refractivity contribution in [1.82, 2.24) is 4.98 Å². The number of Topliss-reactive ketones (excluding diaryl/α,β-unsaturated/α-hetero) is 1. The molecule has 0 radical (unpaired) electrons. The maximum absolute atomic E-state index is 12.1. The number of hydrogen-bond acceptors (Lipinski definition) is 3. The van der Waals surface area contributed by atoms with Gasteiger partial charge in [-0.25, -0.2) is 0 Å². The van der Waals surface area contributed by atoms with Gasteiger partial charge in [0, 0.05) is 11.9 Å². The lowest BCUT2D eigenvalue weighted by atomic mass is 10.2. The highest BCUT2D eigenvalue weighted by molar-refractivity contribution is 6.31. The third kappa shape index (κ3) is 3.00. The third-order valence-corrected chi connectivity index (χ3v) is 2.95. The highest BCUT2D eigenvalue weighted by Crippen LogP contribution is 2.28. The molecule has 2 rings (SSSR count). The molecule has 0 saturated carbocycles. The van der Waals surface area contributed by atoms with Crippen LogP contribution in [0.4, 0.5) is 5.69 Å². The fourth-order valence-corrected chi connectivity index (χ4v) is 1.87. The van der Waals surface area contributed by atoms with E-state index in [0.29, 0.717) is 22.2 Å². The summed E-state index contributed by atoms with van der Waals surface area (Å²) in [5.74, 6) is -0.0106. The molecule has 1 aromatic heterocycles. The van der Waals surface area contributed by atoms with Crippen LogP contribution in [0, 0.1) is 0 Å². The van der Waals surface area contributed by atoms with E-state index in [-0.39, 0.29) is 17.4 Å². The molecular weight excluding hydrogens is 280 g/mol. The molecule has 0 fully saturated rings. The number of carbonyl (C=O) groups excluding carboxylic acids is 2. The van der Waals surface area contributed by atoms with Crippen LogP contribution >= 0.6 is 11.6 Å². The van der Waals surface area contributed by atoms with Gasteiger partial charge in [-0.2, -0.15) is 0 Å². The number of amides is 1. The first-order valence-corrected chi connectivity index (χ1v) is 6.24. The van der Waals surface area contributed by atoms with E-state index in [0.717, 1.165) is 0 Å². The summed E-state index contributed by atoms with van der Waals surface area (Å²) in [6.07, 6.45) is 0. The van der Waals surface area contributed by atoms with Crippen LogP contribution in [0.3, 0.4) is 0 Å². The quantitative estimate of drug-likeness (QED) is 0.851. The Bertz CT molecular complexity index is 664. The van der Waals surface area contributed by atoms with Gasteiger partial charge in [0.2, 0.25) is 0 Å². The van der Waals surface area contributed by atoms with E-state index >= 15 is 0 Å². The highest BCUT2D eigenvalue weighted by Gasteiger charge is 2.13. The largest absolute Gasteiger partial charge is 0.495 e. The molecule has 5 nitrogen and oxygen atoms in total. The molecule has 20 heavy (non-hydrogen) atoms. The SMILES string of the molecule is COc1ccc(Cl)cc1NC(=O)c1ccc(C(C)=O)[nH]1. The Hall–Kier alpha value is -2.27. The zero-order chi connectivity index (χ0) is 14.7. The lowest BCUT2D eigenvalue weighted by Crippen LogP contribution is -2.13. The van der Waals surface area contributed by atoms with E-state index in [1.807, 2.05) is 0 Å². The maximum Gasteiger partial charge on any atom is 0.272 e. The van der Waals surface area contributed by atoms with Crippen molar-refractivity contribution in [2.45, 2.75) is 6.92 Å². The van der Waals surface area contributed by atoms with Crippen molar-refractivity contribution in [3.63, 3.8) is 0 Å². The van der Waals surface area contributed by atoms with Gasteiger partial charge in [0.05, 0.1) is 18.5 Å². The predicted molar refractivity (Wildman–Crippen MR) is 76.8 cm³/mol. The molecule has 2 aromatic rings. The second-order valence-electron chi connectivity index (χ2n) is 4.14. The normalized spacial score (nSPS) is 10.2. The van der Waals surface area contributed by atoms with Crippen LogP contribution < -0.4 is 10.1 Å². The molecule has 1 aromatic carbocycles. The minimum atomic E-state index is -0.377. The molecular formula is C14H13ClN2O3. The number of hydrogen-bond donors (Lipinski definition) is 2. The molecule has 0 atom stereocenters. The first-order valence-electron chi connectivity index (χ1n) is 5.86. The van der Waals surface area contributed by atoms with Gasteiger partial charge in [-0.1, -0.05) is 11.6 Å². The Balaban J connectivity index is 2.22. The van der Waals surface area contributed by atoms with Gasteiger partial charge in [0.1, 0.15) is 11.4 Å². The predicted octanol–water partition coefficient (Wildman–Crippen LogP) is 3.13. The van der Waals surface area contributed by atoms with Gasteiger partial charge in [-0.15, -0.1) is 0 Å². The van der Waals surface area contributed by atoms with E-state index in [1.54, 1.807) is 30.3 Å². The second-order valence-corrected chi connectivity index (χ2v) is 4.58. The van der Waals surface area contributed by atoms with Gasteiger partial charge in [0.25, 0.3) is 5.91 Å². The summed E-state index contributed by atoms with van der Waals surface area (Å²) in [7, 11) is 1.50. The number of methoxy groups -OCH3 is 1. The summed E-state index contributed by atoms with van der Waals surface area (Å²) in [5.41, 5.74) is 1.13. The molecule has 0 aliphatic heterocycles. The van der Waals surface area contributed by atoms with E-state index < -0.39 is 0 Å². The maximum atomic E-state index is 12.1. The average Bonchev–Trinajstić information content (AvgIpc) is 2.89. The fourth-order valence-electron chi connectivity index (χ4n) is 1.70. The standard InChI is InChI=1S/C14H13ClN2O3/c1-8(18)10-4-5-11(16-10)14(19)17-12-7-9(15)3-6-13(12)20-2/h3-7,16H,1-2H3,(H,17,19). The first kappa shape index (κ1) is 14.1. The molecule has 0 spiro atoms. The number of H-pyrrole nitrogens is 1. The number of rotatable bonds is 4. The van der Waals surface area contributed by atoms with Gasteiger partial charge in [0.15, 0.2) is 5.78 Å². The molecule has 0 aliphatic rings. The van der Waals surface area contributed by atoms with E-state index in [2.05, 4.69) is 10.3 Å². The van der Waals surface area contributed by atoms with Crippen molar-refractivity contribution in [3.8, 4) is 5.75 Å². The van der Waals surface area contributed by atoms with Crippen molar-refractivity contribution in [3.05, 3.63) is 46.7 Å². The van der Waals surface area contributed by atoms with Crippen LogP contribution in [0.15, 0.2) is 30.3 Å². The molecule has 0 saturated heterocycles. The lowest BCUT2D eigenvalue weighted by Gasteiger charge is -2.09. The number of halogens is 1. The van der Waals surface area contributed by atoms with Crippen LogP contribution in [0.5, 0.6) is 5.75 Å². The van der Waals surface area contributed by atoms with Crippen molar-refractivity contribution in [1.29, 1.82) is 0 Å². The third-order valence-electron chi connectivity index (χ3n) is 2.72. The van der Waals surface area contributed by atoms with Crippen LogP contribution in [0.1, 0.15) is 27.9 Å². The molecule has 0 unspecified atom stereocenters. The number of anilines is 1. The number of aromatic amines is 1. The molecule has 1 heterocycles. The first-order chi connectivity index (χ1) is 9.51. The van der Waals surface area contributed by atoms with Crippen LogP contribution in [0.25, 0.3) is 0 Å². The number of ether oxygens (including phenoxy) is 1. The smallest absolute Gasteiger partial charge is 0.272 e. The minimum absolute atomic E-state index is 0.135. The Labute approximate surface area is 120 Å². The van der Waals surface area contributed by atoms with Crippen molar-refractivity contribution in [2.75, 3.05) is 12.4 Å². The number of carbonyl (C=O) groups is 2. The second kappa shape index (κ2) is 5.79. The Morgan fingerprint density at radius 1 is 1.20 bits per heavy atom. The summed E-state index contributed by atoms with van der Waals surface area (Å²) in [4.78, 5) is 26.0. The Morgan fingerprint density at radius 3 is 2.50 bits per heavy atom. The summed E-state index contributed by atoms with van der Waals surface area (Å²) in [6.45, 7) is 1.42. The Morgan fingerprint density at radius 2 is 1.90 bits per heavy atom. The topological polar surface area (TPSA) is 71.2 Å². The summed E-state index contributed by atoms with van der Waals surface area (Å²) in [5, 5.41) is 3.16. The number of nitrogens with one attached hydrogen (secondary N) is 2. The van der Waals surface area contributed by atoms with Crippen LogP contribution in [0.2, 0.25) is 5.02 Å². The minimum Gasteiger partial charge on any atom is -0.495 e. The van der Waals surface area contributed by atoms with E-state index in [9.17, 15) is 9.59 Å². The molecule has 1 amide bonds. The van der Waals surface area contributed by atoms with Crippen LogP contribution in [-0.4, -0.2) is 23.8 Å². The fraction of sp³-hybridized carbons (Fsp3) is 0.143. The van der Waals surface area contributed by atoms with Gasteiger partial charge in [-0.3, -0.25) is 9.59 Å². The number of aromatic nitrogens is 1. The lowest BCUT2D eigenvalue weighted by molar-refractivity contribution is 0.101. The number of benzene rings is 1. The Kier molecular flexibility index (Phi) is 4.10. The van der Waals surface area contributed by atoms with E-state index in [4.69, 9.17) is 16.3 Å². The van der Waals surface area contributed by atoms with Gasteiger partial charge >= 0.3 is 0 Å². The highest BCUT2D eigenvalue weighted by atomic mass is 35.5. The zero-order valence-electron chi connectivity index (χ0n) is 11.0. The molecule has 6 heteroatoms. The molecule has 0 aliphatic carbocycles. The molecule has 0 bridgehead atoms. The van der Waals surface area contributed by atoms with E-state index in [1.165, 1.54) is 14.0 Å². The van der Waals surface area contributed by atoms with Gasteiger partial charge < -0.3 is 15.0 Å². The van der Waals surface area contributed by atoms with Crippen molar-refractivity contribution >= 4 is 29.0 Å². The molecule has 2 N–H and O–H groups in total. The number of ketones is 1. The van der Waals surface area contributed by atoms with Crippen LogP contribution in [-0.2, 0) is 0 Å².